The van der Waals surface area contributed by atoms with Gasteiger partial charge in [-0.15, -0.1) is 0 Å². The van der Waals surface area contributed by atoms with Crippen LogP contribution in [0.15, 0.2) is 54.6 Å². The number of hydrogen-bond donors (Lipinski definition) is 0. The van der Waals surface area contributed by atoms with Gasteiger partial charge in [0.05, 0.1) is 0 Å². The van der Waals surface area contributed by atoms with Gasteiger partial charge in [-0.2, -0.15) is 0 Å². The van der Waals surface area contributed by atoms with Crippen molar-refractivity contribution in [3.8, 4) is 0 Å². The summed E-state index contributed by atoms with van der Waals surface area (Å²) in [5, 5.41) is 0. The first-order valence-corrected chi connectivity index (χ1v) is 9.92. The van der Waals surface area contributed by atoms with Crippen molar-refractivity contribution in [2.24, 2.45) is 28.6 Å². The molecule has 2 bridgehead atoms. The Hall–Kier alpha value is -1.56. The van der Waals surface area contributed by atoms with Crippen molar-refractivity contribution < 1.29 is 0 Å². The summed E-state index contributed by atoms with van der Waals surface area (Å²) in [5.74, 6) is 2.52. The Kier molecular flexibility index (Phi) is 3.87. The normalized spacial score (nSPS) is 35.2. The number of allylic oxidation sites excluding steroid dienone is 5. The Balaban J connectivity index is 1.53. The van der Waals surface area contributed by atoms with Crippen LogP contribution in [0.4, 0.5) is 0 Å². The van der Waals surface area contributed by atoms with Crippen molar-refractivity contribution >= 4 is 5.57 Å². The second-order valence-electron chi connectivity index (χ2n) is 9.73. The Morgan fingerprint density at radius 2 is 1.76 bits per heavy atom. The molecule has 2 atom stereocenters. The van der Waals surface area contributed by atoms with E-state index in [2.05, 4.69) is 76.8 Å². The molecule has 4 aliphatic carbocycles. The summed E-state index contributed by atoms with van der Waals surface area (Å²) < 4.78 is 0. The fraction of sp³-hybridized carbons (Fsp3) is 0.520. The van der Waals surface area contributed by atoms with Crippen LogP contribution in [0.2, 0.25) is 0 Å². The van der Waals surface area contributed by atoms with E-state index < -0.39 is 0 Å². The standard InChI is InChI=1S/C25H32/c1-17-6-9-20(10-7-17)18(2)14-25(5)16-22(15-24(25,3)4)23-11-8-19-12-21(23)13-19/h6-11,15,19,21,23H,2,12-14,16H2,1,3-5H3. The molecule has 0 aromatic heterocycles. The van der Waals surface area contributed by atoms with Crippen LogP contribution in [0.25, 0.3) is 5.57 Å². The largest absolute Gasteiger partial charge is 0.0952 e. The summed E-state index contributed by atoms with van der Waals surface area (Å²) in [7, 11) is 0. The van der Waals surface area contributed by atoms with Crippen molar-refractivity contribution in [2.45, 2.75) is 53.4 Å². The molecule has 1 saturated carbocycles. The van der Waals surface area contributed by atoms with Crippen molar-refractivity contribution in [3.63, 3.8) is 0 Å². The van der Waals surface area contributed by atoms with Crippen molar-refractivity contribution in [1.29, 1.82) is 0 Å². The molecule has 0 saturated heterocycles. The number of fused-ring (bicyclic) bond motifs is 1. The number of aryl methyl sites for hydroxylation is 1. The number of benzene rings is 1. The van der Waals surface area contributed by atoms with Crippen molar-refractivity contribution in [1.82, 2.24) is 0 Å². The highest BCUT2D eigenvalue weighted by Gasteiger charge is 2.48. The minimum atomic E-state index is 0.227. The van der Waals surface area contributed by atoms with Gasteiger partial charge in [0.15, 0.2) is 0 Å². The lowest BCUT2D eigenvalue weighted by Crippen LogP contribution is -2.33. The van der Waals surface area contributed by atoms with Crippen molar-refractivity contribution in [2.75, 3.05) is 0 Å². The molecule has 132 valence electrons. The topological polar surface area (TPSA) is 0 Å². The molecule has 0 heterocycles. The monoisotopic (exact) mass is 332 g/mol. The van der Waals surface area contributed by atoms with Gasteiger partial charge in [-0.05, 0) is 66.4 Å². The molecule has 0 radical (unpaired) electrons. The Morgan fingerprint density at radius 3 is 2.36 bits per heavy atom. The second-order valence-corrected chi connectivity index (χ2v) is 9.73. The fourth-order valence-corrected chi connectivity index (χ4v) is 5.25. The molecule has 0 amide bonds. The molecule has 0 heteroatoms. The van der Waals surface area contributed by atoms with Gasteiger partial charge in [0.25, 0.3) is 0 Å². The molecule has 0 aliphatic heterocycles. The zero-order chi connectivity index (χ0) is 17.8. The van der Waals surface area contributed by atoms with Crippen LogP contribution in [0, 0.1) is 35.5 Å². The Bertz CT molecular complexity index is 737. The van der Waals surface area contributed by atoms with Crippen LogP contribution in [-0.4, -0.2) is 0 Å². The van der Waals surface area contributed by atoms with E-state index in [4.69, 9.17) is 0 Å². The lowest BCUT2D eigenvalue weighted by atomic mass is 9.61. The molecule has 1 aromatic rings. The zero-order valence-corrected chi connectivity index (χ0v) is 16.3. The molecule has 1 fully saturated rings. The lowest BCUT2D eigenvalue weighted by Gasteiger charge is -2.44. The molecule has 5 rings (SSSR count). The molecule has 25 heavy (non-hydrogen) atoms. The number of hydrogen-bond acceptors (Lipinski definition) is 0. The van der Waals surface area contributed by atoms with E-state index in [1.807, 2.05) is 0 Å². The van der Waals surface area contributed by atoms with Gasteiger partial charge in [0, 0.05) is 5.92 Å². The third-order valence-electron chi connectivity index (χ3n) is 7.50. The van der Waals surface area contributed by atoms with Crippen LogP contribution in [0.3, 0.4) is 0 Å². The highest BCUT2D eigenvalue weighted by Crippen LogP contribution is 2.59. The summed E-state index contributed by atoms with van der Waals surface area (Å²) in [6.45, 7) is 13.9. The van der Waals surface area contributed by atoms with Crippen LogP contribution >= 0.6 is 0 Å². The molecule has 4 aliphatic rings. The summed E-state index contributed by atoms with van der Waals surface area (Å²) >= 11 is 0. The predicted octanol–water partition coefficient (Wildman–Crippen LogP) is 6.97. The average Bonchev–Trinajstić information content (AvgIpc) is 2.77. The van der Waals surface area contributed by atoms with Gasteiger partial charge in [-0.3, -0.25) is 0 Å². The van der Waals surface area contributed by atoms with Gasteiger partial charge in [0.1, 0.15) is 0 Å². The first-order chi connectivity index (χ1) is 11.8. The van der Waals surface area contributed by atoms with Gasteiger partial charge in [-0.25, -0.2) is 0 Å². The molecule has 2 unspecified atom stereocenters. The number of rotatable bonds is 4. The van der Waals surface area contributed by atoms with E-state index in [1.54, 1.807) is 5.57 Å². The van der Waals surface area contributed by atoms with E-state index in [-0.39, 0.29) is 10.8 Å². The van der Waals surface area contributed by atoms with Crippen LogP contribution < -0.4 is 0 Å². The third-order valence-corrected chi connectivity index (χ3v) is 7.50. The molecule has 1 aromatic carbocycles. The van der Waals surface area contributed by atoms with Crippen LogP contribution in [0.5, 0.6) is 0 Å². The van der Waals surface area contributed by atoms with Gasteiger partial charge >= 0.3 is 0 Å². The summed E-state index contributed by atoms with van der Waals surface area (Å²) in [6, 6.07) is 8.86. The highest BCUT2D eigenvalue weighted by molar-refractivity contribution is 5.64. The Labute approximate surface area is 153 Å². The van der Waals surface area contributed by atoms with E-state index in [0.717, 1.165) is 18.3 Å². The van der Waals surface area contributed by atoms with Gasteiger partial charge in [-0.1, -0.05) is 81.0 Å². The minimum Gasteiger partial charge on any atom is -0.0952 e. The van der Waals surface area contributed by atoms with Crippen LogP contribution in [0.1, 0.15) is 57.6 Å². The van der Waals surface area contributed by atoms with Crippen molar-refractivity contribution in [3.05, 3.63) is 65.8 Å². The summed E-state index contributed by atoms with van der Waals surface area (Å²) in [4.78, 5) is 0. The van der Waals surface area contributed by atoms with E-state index >= 15 is 0 Å². The maximum atomic E-state index is 4.45. The smallest absolute Gasteiger partial charge is 0.000596 e. The molecule has 0 spiro atoms. The first kappa shape index (κ1) is 16.9. The van der Waals surface area contributed by atoms with E-state index in [1.165, 1.54) is 36.0 Å². The quantitative estimate of drug-likeness (QED) is 0.522. The van der Waals surface area contributed by atoms with Gasteiger partial charge in [0.2, 0.25) is 0 Å². The SMILES string of the molecule is C=C(CC1(C)CC(C2C=CC3CC2C3)=CC1(C)C)c1ccc(C)cc1. The van der Waals surface area contributed by atoms with E-state index in [0.29, 0.717) is 5.92 Å². The molecular weight excluding hydrogens is 300 g/mol. The Morgan fingerprint density at radius 1 is 1.08 bits per heavy atom. The van der Waals surface area contributed by atoms with Crippen LogP contribution in [-0.2, 0) is 0 Å². The highest BCUT2D eigenvalue weighted by atomic mass is 14.5. The lowest BCUT2D eigenvalue weighted by molar-refractivity contribution is 0.155. The molecule has 0 nitrogen and oxygen atoms in total. The zero-order valence-electron chi connectivity index (χ0n) is 16.3. The average molecular weight is 333 g/mol. The van der Waals surface area contributed by atoms with Gasteiger partial charge < -0.3 is 0 Å². The first-order valence-electron chi connectivity index (χ1n) is 9.92. The minimum absolute atomic E-state index is 0.227. The summed E-state index contributed by atoms with van der Waals surface area (Å²) in [5.41, 5.74) is 6.09. The molecular formula is C25H32. The fourth-order valence-electron chi connectivity index (χ4n) is 5.25. The van der Waals surface area contributed by atoms with E-state index in [9.17, 15) is 0 Å². The second kappa shape index (κ2) is 5.73. The summed E-state index contributed by atoms with van der Waals surface area (Å²) in [6.07, 6.45) is 12.8. The molecule has 0 N–H and O–H groups in total. The predicted molar refractivity (Wildman–Crippen MR) is 108 cm³/mol. The maximum Gasteiger partial charge on any atom is 0.000596 e. The third kappa shape index (κ3) is 2.84. The maximum absolute atomic E-state index is 4.45.